The van der Waals surface area contributed by atoms with Gasteiger partial charge in [0.25, 0.3) is 5.91 Å². The van der Waals surface area contributed by atoms with Crippen molar-refractivity contribution in [2.24, 2.45) is 0 Å². The normalized spacial score (nSPS) is 13.6. The monoisotopic (exact) mass is 652 g/mol. The summed E-state index contributed by atoms with van der Waals surface area (Å²) in [7, 11) is 0. The Morgan fingerprint density at radius 3 is 2.08 bits per heavy atom. The molecule has 0 atom stereocenters. The third-order valence-electron chi connectivity index (χ3n) is 9.28. The highest BCUT2D eigenvalue weighted by Gasteiger charge is 2.49. The molecular formula is C39H39F3N4O2. The number of nitrogens with zero attached hydrogens (tertiary/aromatic N) is 2. The third-order valence-corrected chi connectivity index (χ3v) is 9.28. The number of benzene rings is 4. The molecule has 9 heteroatoms. The lowest BCUT2D eigenvalue weighted by Gasteiger charge is -2.31. The van der Waals surface area contributed by atoms with Gasteiger partial charge in [-0.05, 0) is 77.6 Å². The summed E-state index contributed by atoms with van der Waals surface area (Å²) in [6.07, 6.45) is -2.96. The molecule has 1 aliphatic rings. The fourth-order valence-electron chi connectivity index (χ4n) is 7.12. The summed E-state index contributed by atoms with van der Waals surface area (Å²) < 4.78 is 41.8. The van der Waals surface area contributed by atoms with Crippen molar-refractivity contribution in [1.82, 2.24) is 14.9 Å². The number of unbranched alkanes of at least 4 members (excludes halogenated alkanes) is 1. The molecule has 6 nitrogen and oxygen atoms in total. The van der Waals surface area contributed by atoms with Crippen molar-refractivity contribution in [3.8, 4) is 11.1 Å². The maximum atomic E-state index is 13.8. The maximum Gasteiger partial charge on any atom is 0.405 e. The topological polar surface area (TPSA) is 76.0 Å². The summed E-state index contributed by atoms with van der Waals surface area (Å²) in [6.45, 7) is 7.33. The molecule has 0 saturated heterocycles. The van der Waals surface area contributed by atoms with E-state index in [1.807, 2.05) is 97.9 Å². The number of amides is 2. The number of halogens is 3. The van der Waals surface area contributed by atoms with Crippen LogP contribution in [0.25, 0.3) is 22.2 Å². The molecule has 4 aromatic carbocycles. The van der Waals surface area contributed by atoms with Crippen LogP contribution in [0.3, 0.4) is 0 Å². The molecule has 0 radical (unpaired) electrons. The predicted octanol–water partition coefficient (Wildman–Crippen LogP) is 8.71. The van der Waals surface area contributed by atoms with Crippen LogP contribution < -0.4 is 10.6 Å². The van der Waals surface area contributed by atoms with Crippen molar-refractivity contribution in [1.29, 1.82) is 0 Å². The van der Waals surface area contributed by atoms with Crippen molar-refractivity contribution in [3.05, 3.63) is 119 Å². The fourth-order valence-corrected chi connectivity index (χ4v) is 7.12. The zero-order valence-corrected chi connectivity index (χ0v) is 27.5. The number of rotatable bonds is 9. The Hall–Kier alpha value is -4.92. The minimum atomic E-state index is -4.53. The van der Waals surface area contributed by atoms with E-state index in [9.17, 15) is 22.8 Å². The highest BCUT2D eigenvalue weighted by Crippen LogP contribution is 2.51. The lowest BCUT2D eigenvalue weighted by molar-refractivity contribution is -0.141. The molecule has 48 heavy (non-hydrogen) atoms. The molecule has 6 rings (SSSR count). The van der Waals surface area contributed by atoms with E-state index >= 15 is 0 Å². The molecule has 5 aromatic rings. The number of anilines is 1. The summed E-state index contributed by atoms with van der Waals surface area (Å²) >= 11 is 0. The van der Waals surface area contributed by atoms with Crippen LogP contribution in [-0.2, 0) is 22.2 Å². The Kier molecular flexibility index (Phi) is 8.66. The largest absolute Gasteiger partial charge is 0.405 e. The zero-order chi connectivity index (χ0) is 34.3. The lowest BCUT2D eigenvalue weighted by Crippen LogP contribution is -2.47. The number of aromatic nitrogens is 2. The van der Waals surface area contributed by atoms with Crippen molar-refractivity contribution < 1.29 is 22.8 Å². The van der Waals surface area contributed by atoms with Gasteiger partial charge in [-0.15, -0.1) is 0 Å². The number of fused-ring (bicyclic) bond motifs is 4. The van der Waals surface area contributed by atoms with Crippen LogP contribution in [0.1, 0.15) is 72.9 Å². The van der Waals surface area contributed by atoms with Gasteiger partial charge >= 0.3 is 6.18 Å². The first-order valence-corrected chi connectivity index (χ1v) is 16.2. The molecular weight excluding hydrogens is 613 g/mol. The SMILES string of the molecule is Cc1nc2c(NC(=O)c3ccccc3C(C)(C)C)cccc2n1CCCCC1(C(=O)NCC(F)(F)F)c2ccccc2-c2ccccc21. The Morgan fingerprint density at radius 1 is 0.812 bits per heavy atom. The van der Waals surface area contributed by atoms with Gasteiger partial charge in [-0.3, -0.25) is 9.59 Å². The van der Waals surface area contributed by atoms with E-state index in [4.69, 9.17) is 4.98 Å². The van der Waals surface area contributed by atoms with Crippen LogP contribution in [-0.4, -0.2) is 34.1 Å². The first-order valence-electron chi connectivity index (χ1n) is 16.2. The number of hydrogen-bond acceptors (Lipinski definition) is 3. The highest BCUT2D eigenvalue weighted by atomic mass is 19.4. The molecule has 2 N–H and O–H groups in total. The Bertz CT molecular complexity index is 1960. The van der Waals surface area contributed by atoms with Crippen LogP contribution in [0.15, 0.2) is 91.0 Å². The average molecular weight is 653 g/mol. The van der Waals surface area contributed by atoms with Gasteiger partial charge in [0.15, 0.2) is 0 Å². The van der Waals surface area contributed by atoms with Crippen LogP contribution >= 0.6 is 0 Å². The van der Waals surface area contributed by atoms with E-state index in [1.54, 1.807) is 0 Å². The number of carbonyl (C=O) groups is 2. The van der Waals surface area contributed by atoms with Gasteiger partial charge in [0.05, 0.1) is 11.2 Å². The number of imidazole rings is 1. The number of alkyl halides is 3. The maximum absolute atomic E-state index is 13.8. The van der Waals surface area contributed by atoms with Crippen LogP contribution in [0.2, 0.25) is 0 Å². The Labute approximate surface area is 278 Å². The van der Waals surface area contributed by atoms with Gasteiger partial charge in [-0.25, -0.2) is 4.98 Å². The zero-order valence-electron chi connectivity index (χ0n) is 27.5. The molecule has 0 bridgehead atoms. The predicted molar refractivity (Wildman–Crippen MR) is 183 cm³/mol. The van der Waals surface area contributed by atoms with E-state index in [2.05, 4.69) is 36.0 Å². The number of nitrogens with one attached hydrogen (secondary N) is 2. The van der Waals surface area contributed by atoms with Crippen molar-refractivity contribution in [2.75, 3.05) is 11.9 Å². The van der Waals surface area contributed by atoms with Gasteiger partial charge in [-0.2, -0.15) is 13.2 Å². The van der Waals surface area contributed by atoms with Crippen LogP contribution in [0.5, 0.6) is 0 Å². The third kappa shape index (κ3) is 6.09. The summed E-state index contributed by atoms with van der Waals surface area (Å²) in [5.74, 6) is -0.0719. The van der Waals surface area contributed by atoms with E-state index in [-0.39, 0.29) is 11.3 Å². The smallest absolute Gasteiger partial charge is 0.346 e. The van der Waals surface area contributed by atoms with Gasteiger partial charge in [0.1, 0.15) is 23.3 Å². The standard InChI is InChI=1S/C39H39F3N4O2/c1-25-44-34-32(45-35(47)28-16-7-8-17-29(28)37(2,3)4)20-13-21-33(34)46(25)23-12-11-22-38(36(48)43-24-39(40,41)42)30-18-9-5-14-26(30)27-15-6-10-19-31(27)38/h5-10,13-21H,11-12,22-24H2,1-4H3,(H,43,48)(H,45,47). The quantitative estimate of drug-likeness (QED) is 0.157. The second-order valence-corrected chi connectivity index (χ2v) is 13.5. The average Bonchev–Trinajstić information content (AvgIpc) is 3.53. The van der Waals surface area contributed by atoms with Gasteiger partial charge in [0, 0.05) is 12.1 Å². The van der Waals surface area contributed by atoms with Crippen molar-refractivity contribution in [3.63, 3.8) is 0 Å². The first-order chi connectivity index (χ1) is 22.8. The fraction of sp³-hybridized carbons (Fsp3) is 0.308. The second kappa shape index (κ2) is 12.6. The first kappa shape index (κ1) is 33.0. The van der Waals surface area contributed by atoms with E-state index in [0.29, 0.717) is 42.6 Å². The molecule has 1 aromatic heterocycles. The molecule has 2 amide bonds. The lowest BCUT2D eigenvalue weighted by atomic mass is 9.73. The summed E-state index contributed by atoms with van der Waals surface area (Å²) in [6, 6.07) is 28.3. The van der Waals surface area contributed by atoms with Gasteiger partial charge in [0.2, 0.25) is 5.91 Å². The Morgan fingerprint density at radius 2 is 1.44 bits per heavy atom. The molecule has 0 saturated carbocycles. The molecule has 0 aliphatic heterocycles. The van der Waals surface area contributed by atoms with Crippen LogP contribution in [0, 0.1) is 6.92 Å². The minimum Gasteiger partial charge on any atom is -0.346 e. The molecule has 0 unspecified atom stereocenters. The molecule has 0 fully saturated rings. The van der Waals surface area contributed by atoms with E-state index < -0.39 is 24.0 Å². The van der Waals surface area contributed by atoms with E-state index in [1.165, 1.54) is 0 Å². The van der Waals surface area contributed by atoms with Crippen LogP contribution in [0.4, 0.5) is 18.9 Å². The number of para-hydroxylation sites is 1. The minimum absolute atomic E-state index is 0.202. The van der Waals surface area contributed by atoms with Gasteiger partial charge < -0.3 is 15.2 Å². The number of hydrogen-bond donors (Lipinski definition) is 2. The van der Waals surface area contributed by atoms with Crippen molar-refractivity contribution in [2.45, 2.75) is 70.5 Å². The molecule has 1 aliphatic carbocycles. The van der Waals surface area contributed by atoms with Crippen molar-refractivity contribution >= 4 is 28.5 Å². The number of aryl methyl sites for hydroxylation is 2. The molecule has 1 heterocycles. The summed E-state index contributed by atoms with van der Waals surface area (Å²) in [5.41, 5.74) is 5.45. The molecule has 248 valence electrons. The Balaban J connectivity index is 1.24. The van der Waals surface area contributed by atoms with Gasteiger partial charge in [-0.1, -0.05) is 93.6 Å². The summed E-state index contributed by atoms with van der Waals surface area (Å²) in [4.78, 5) is 32.1. The second-order valence-electron chi connectivity index (χ2n) is 13.5. The summed E-state index contributed by atoms with van der Waals surface area (Å²) in [5, 5.41) is 5.28. The van der Waals surface area contributed by atoms with E-state index in [0.717, 1.165) is 39.2 Å². The molecule has 0 spiro atoms. The highest BCUT2D eigenvalue weighted by molar-refractivity contribution is 6.09. The number of carbonyl (C=O) groups excluding carboxylic acids is 2.